The second-order valence-electron chi connectivity index (χ2n) is 8.34. The number of benzene rings is 1. The molecule has 0 aliphatic carbocycles. The predicted octanol–water partition coefficient (Wildman–Crippen LogP) is 2.66. The van der Waals surface area contributed by atoms with Crippen molar-refractivity contribution >= 4 is 22.6 Å². The summed E-state index contributed by atoms with van der Waals surface area (Å²) in [5.41, 5.74) is 12.3. The van der Waals surface area contributed by atoms with Crippen molar-refractivity contribution in [1.82, 2.24) is 30.6 Å². The molecule has 2 atom stereocenters. The molecular weight excluding hydrogens is 366 g/mol. The molecule has 2 unspecified atom stereocenters. The first-order valence-electron chi connectivity index (χ1n) is 10.1. The van der Waals surface area contributed by atoms with Gasteiger partial charge in [-0.05, 0) is 44.4 Å². The van der Waals surface area contributed by atoms with E-state index in [0.717, 1.165) is 45.9 Å². The highest BCUT2D eigenvalue weighted by molar-refractivity contribution is 5.96. The first-order chi connectivity index (χ1) is 13.8. The molecular formula is C21H29N7O. The number of H-pyrrole nitrogens is 1. The lowest BCUT2D eigenvalue weighted by molar-refractivity contribution is -0.117. The number of amides is 1. The van der Waals surface area contributed by atoms with Gasteiger partial charge in [-0.25, -0.2) is 15.8 Å². The van der Waals surface area contributed by atoms with Gasteiger partial charge in [-0.15, -0.1) is 0 Å². The Morgan fingerprint density at radius 3 is 2.79 bits per heavy atom. The van der Waals surface area contributed by atoms with Crippen LogP contribution in [0.3, 0.4) is 0 Å². The molecule has 4 N–H and O–H groups in total. The molecule has 4 rings (SSSR count). The average Bonchev–Trinajstić information content (AvgIpc) is 3.32. The molecule has 8 nitrogen and oxygen atoms in total. The van der Waals surface area contributed by atoms with Gasteiger partial charge >= 0.3 is 0 Å². The zero-order chi connectivity index (χ0) is 20.7. The minimum atomic E-state index is -0.312. The van der Waals surface area contributed by atoms with Crippen LogP contribution in [0.25, 0.3) is 11.0 Å². The van der Waals surface area contributed by atoms with E-state index in [2.05, 4.69) is 52.0 Å². The lowest BCUT2D eigenvalue weighted by Gasteiger charge is -2.11. The van der Waals surface area contributed by atoms with E-state index >= 15 is 0 Å². The molecule has 0 spiro atoms. The van der Waals surface area contributed by atoms with Gasteiger partial charge in [0.2, 0.25) is 5.91 Å². The number of hydrazine groups is 1. The van der Waals surface area contributed by atoms with Crippen LogP contribution < -0.4 is 16.2 Å². The molecule has 3 aromatic rings. The second kappa shape index (κ2) is 7.61. The van der Waals surface area contributed by atoms with Crippen molar-refractivity contribution in [2.75, 3.05) is 5.32 Å². The summed E-state index contributed by atoms with van der Waals surface area (Å²) in [5.74, 6) is 1.46. The molecule has 3 heterocycles. The van der Waals surface area contributed by atoms with Gasteiger partial charge < -0.3 is 10.3 Å². The number of carbonyl (C=O) groups is 1. The Bertz CT molecular complexity index is 1050. The number of rotatable bonds is 5. The van der Waals surface area contributed by atoms with Crippen LogP contribution in [0.4, 0.5) is 5.69 Å². The van der Waals surface area contributed by atoms with E-state index in [1.807, 2.05) is 36.9 Å². The summed E-state index contributed by atoms with van der Waals surface area (Å²) in [6, 6.07) is 5.53. The van der Waals surface area contributed by atoms with Crippen molar-refractivity contribution in [2.24, 2.45) is 13.0 Å². The zero-order valence-electron chi connectivity index (χ0n) is 17.6. The highest BCUT2D eigenvalue weighted by Gasteiger charge is 2.33. The average molecular weight is 396 g/mol. The number of aromatic nitrogens is 4. The van der Waals surface area contributed by atoms with Crippen molar-refractivity contribution in [1.29, 1.82) is 0 Å². The van der Waals surface area contributed by atoms with Gasteiger partial charge in [0.1, 0.15) is 11.9 Å². The molecule has 0 bridgehead atoms. The molecule has 1 fully saturated rings. The van der Waals surface area contributed by atoms with E-state index < -0.39 is 0 Å². The van der Waals surface area contributed by atoms with Crippen LogP contribution in [-0.4, -0.2) is 31.7 Å². The van der Waals surface area contributed by atoms with Gasteiger partial charge in [-0.1, -0.05) is 13.8 Å². The number of hydrogen-bond acceptors (Lipinski definition) is 5. The number of fused-ring (bicyclic) bond motifs is 1. The molecule has 29 heavy (non-hydrogen) atoms. The van der Waals surface area contributed by atoms with Crippen LogP contribution in [0.5, 0.6) is 0 Å². The van der Waals surface area contributed by atoms with Crippen molar-refractivity contribution in [2.45, 2.75) is 52.6 Å². The molecule has 2 aromatic heterocycles. The van der Waals surface area contributed by atoms with Gasteiger partial charge in [0.15, 0.2) is 0 Å². The highest BCUT2D eigenvalue weighted by Crippen LogP contribution is 2.28. The van der Waals surface area contributed by atoms with E-state index in [1.165, 1.54) is 0 Å². The fourth-order valence-electron chi connectivity index (χ4n) is 4.06. The molecule has 1 saturated heterocycles. The standard InChI is InChI=1S/C21H29N7O/c1-11(2)8-19-23-15-7-6-14(9-16(15)24-19)22-21(29)18-10-17(25-26-18)20-12(3)27-28(5)13(20)4/h6-7,9,11,17-18,25-26H,8,10H2,1-5H3,(H,22,29)(H,23,24). The Labute approximate surface area is 170 Å². The van der Waals surface area contributed by atoms with Gasteiger partial charge in [0.25, 0.3) is 0 Å². The maximum atomic E-state index is 12.8. The highest BCUT2D eigenvalue weighted by atomic mass is 16.2. The van der Waals surface area contributed by atoms with Gasteiger partial charge in [0.05, 0.1) is 22.8 Å². The minimum absolute atomic E-state index is 0.0551. The van der Waals surface area contributed by atoms with E-state index in [9.17, 15) is 4.79 Å². The number of nitrogens with zero attached hydrogens (tertiary/aromatic N) is 3. The van der Waals surface area contributed by atoms with E-state index in [4.69, 9.17) is 0 Å². The Morgan fingerprint density at radius 2 is 2.10 bits per heavy atom. The number of aryl methyl sites for hydroxylation is 2. The fourth-order valence-corrected chi connectivity index (χ4v) is 4.06. The molecule has 0 saturated carbocycles. The Balaban J connectivity index is 1.44. The number of carbonyl (C=O) groups excluding carboxylic acids is 1. The van der Waals surface area contributed by atoms with E-state index in [0.29, 0.717) is 12.3 Å². The Hall–Kier alpha value is -2.71. The number of nitrogens with one attached hydrogen (secondary N) is 4. The fraction of sp³-hybridized carbons (Fsp3) is 0.476. The predicted molar refractivity (Wildman–Crippen MR) is 113 cm³/mol. The smallest absolute Gasteiger partial charge is 0.242 e. The van der Waals surface area contributed by atoms with Crippen molar-refractivity contribution in [3.05, 3.63) is 41.0 Å². The Kier molecular flexibility index (Phi) is 5.14. The summed E-state index contributed by atoms with van der Waals surface area (Å²) in [7, 11) is 1.94. The first-order valence-corrected chi connectivity index (χ1v) is 10.1. The van der Waals surface area contributed by atoms with Crippen LogP contribution >= 0.6 is 0 Å². The summed E-state index contributed by atoms with van der Waals surface area (Å²) in [6.45, 7) is 8.40. The van der Waals surface area contributed by atoms with Crippen molar-refractivity contribution in [3.63, 3.8) is 0 Å². The number of hydrogen-bond donors (Lipinski definition) is 4. The lowest BCUT2D eigenvalue weighted by atomic mass is 10.00. The second-order valence-corrected chi connectivity index (χ2v) is 8.34. The minimum Gasteiger partial charge on any atom is -0.342 e. The maximum Gasteiger partial charge on any atom is 0.242 e. The Morgan fingerprint density at radius 1 is 1.31 bits per heavy atom. The lowest BCUT2D eigenvalue weighted by Crippen LogP contribution is -2.39. The van der Waals surface area contributed by atoms with Crippen LogP contribution in [-0.2, 0) is 18.3 Å². The normalized spacial score (nSPS) is 19.4. The van der Waals surface area contributed by atoms with Gasteiger partial charge in [-0.3, -0.25) is 9.48 Å². The molecule has 1 aliphatic heterocycles. The number of aromatic amines is 1. The van der Waals surface area contributed by atoms with Crippen molar-refractivity contribution < 1.29 is 4.79 Å². The number of anilines is 1. The van der Waals surface area contributed by atoms with E-state index in [-0.39, 0.29) is 18.0 Å². The molecule has 8 heteroatoms. The summed E-state index contributed by atoms with van der Waals surface area (Å²) in [4.78, 5) is 20.8. The zero-order valence-corrected chi connectivity index (χ0v) is 17.6. The van der Waals surface area contributed by atoms with Crippen LogP contribution in [0.2, 0.25) is 0 Å². The third kappa shape index (κ3) is 3.90. The summed E-state index contributed by atoms with van der Waals surface area (Å²) >= 11 is 0. The van der Waals surface area contributed by atoms with Gasteiger partial charge in [-0.2, -0.15) is 5.10 Å². The van der Waals surface area contributed by atoms with Crippen LogP contribution in [0.15, 0.2) is 18.2 Å². The third-order valence-electron chi connectivity index (χ3n) is 5.53. The first kappa shape index (κ1) is 19.6. The SMILES string of the molecule is Cc1nn(C)c(C)c1C1CC(C(=O)Nc2ccc3nc(CC(C)C)[nH]c3c2)NN1. The molecule has 1 aliphatic rings. The third-order valence-corrected chi connectivity index (χ3v) is 5.53. The number of imidazole rings is 1. The summed E-state index contributed by atoms with van der Waals surface area (Å²) in [6.07, 6.45) is 1.58. The topological polar surface area (TPSA) is 99.7 Å². The molecule has 1 amide bonds. The molecule has 1 aromatic carbocycles. The molecule has 0 radical (unpaired) electrons. The monoisotopic (exact) mass is 395 g/mol. The van der Waals surface area contributed by atoms with E-state index in [1.54, 1.807) is 0 Å². The maximum absolute atomic E-state index is 12.8. The van der Waals surface area contributed by atoms with Gasteiger partial charge in [0, 0.05) is 30.4 Å². The quantitative estimate of drug-likeness (QED) is 0.532. The summed E-state index contributed by atoms with van der Waals surface area (Å²) in [5, 5.41) is 7.50. The molecule has 154 valence electrons. The largest absolute Gasteiger partial charge is 0.342 e. The van der Waals surface area contributed by atoms with Crippen molar-refractivity contribution in [3.8, 4) is 0 Å². The van der Waals surface area contributed by atoms with Crippen LogP contribution in [0.1, 0.15) is 49.1 Å². The van der Waals surface area contributed by atoms with Crippen LogP contribution in [0, 0.1) is 19.8 Å². The summed E-state index contributed by atoms with van der Waals surface area (Å²) < 4.78 is 1.88.